The topological polar surface area (TPSA) is 33.4 Å². The van der Waals surface area contributed by atoms with E-state index in [4.69, 9.17) is 4.42 Å². The van der Waals surface area contributed by atoms with E-state index in [-0.39, 0.29) is 0 Å². The van der Waals surface area contributed by atoms with E-state index in [1.807, 2.05) is 33.8 Å². The van der Waals surface area contributed by atoms with Crippen LogP contribution in [0.4, 0.5) is 0 Å². The molecule has 1 unspecified atom stereocenters. The molecule has 1 N–H and O–H groups in total. The Labute approximate surface area is 92.3 Å². The van der Waals surface area contributed by atoms with E-state index in [1.54, 1.807) is 0 Å². The molecule has 0 fully saturated rings. The van der Waals surface area contributed by atoms with E-state index >= 15 is 0 Å². The number of fused-ring (bicyclic) bond motifs is 1. The van der Waals surface area contributed by atoms with Crippen molar-refractivity contribution in [2.75, 3.05) is 0 Å². The highest BCUT2D eigenvalue weighted by Gasteiger charge is 2.34. The van der Waals surface area contributed by atoms with Crippen LogP contribution in [0.1, 0.15) is 57.1 Å². The Kier molecular flexibility index (Phi) is 3.97. The van der Waals surface area contributed by atoms with Crippen molar-refractivity contribution >= 4 is 0 Å². The molecule has 86 valence electrons. The molecule has 0 amide bonds. The minimum atomic E-state index is -0.620. The van der Waals surface area contributed by atoms with Gasteiger partial charge in [0.05, 0.1) is 5.60 Å². The number of aryl methyl sites for hydroxylation is 2. The number of hydrogen-bond acceptors (Lipinski definition) is 2. The molecule has 0 bridgehead atoms. The molecule has 0 spiro atoms. The molecule has 1 heterocycles. The van der Waals surface area contributed by atoms with Gasteiger partial charge in [-0.15, -0.1) is 0 Å². The second kappa shape index (κ2) is 4.84. The number of furan rings is 1. The van der Waals surface area contributed by atoms with Crippen LogP contribution in [0.15, 0.2) is 10.5 Å². The fraction of sp³-hybridized carbons (Fsp3) is 0.692. The third-order valence-electron chi connectivity index (χ3n) is 3.01. The highest BCUT2D eigenvalue weighted by Crippen LogP contribution is 2.39. The van der Waals surface area contributed by atoms with Gasteiger partial charge in [0.25, 0.3) is 0 Å². The first-order chi connectivity index (χ1) is 7.15. The van der Waals surface area contributed by atoms with Crippen molar-refractivity contribution in [1.29, 1.82) is 0 Å². The Bertz CT molecular complexity index is 314. The van der Waals surface area contributed by atoms with Gasteiger partial charge in [0.1, 0.15) is 11.5 Å². The van der Waals surface area contributed by atoms with Gasteiger partial charge in [-0.25, -0.2) is 0 Å². The molecule has 2 nitrogen and oxygen atoms in total. The summed E-state index contributed by atoms with van der Waals surface area (Å²) < 4.78 is 5.54. The second-order valence-corrected chi connectivity index (χ2v) is 3.93. The van der Waals surface area contributed by atoms with Crippen molar-refractivity contribution in [3.8, 4) is 0 Å². The maximum atomic E-state index is 10.3. The van der Waals surface area contributed by atoms with Gasteiger partial charge in [-0.2, -0.15) is 0 Å². The van der Waals surface area contributed by atoms with Crippen LogP contribution in [0, 0.1) is 6.92 Å². The molecular formula is C13H22O2. The number of rotatable bonds is 1. The Morgan fingerprint density at radius 3 is 2.73 bits per heavy atom. The van der Waals surface area contributed by atoms with E-state index in [1.165, 1.54) is 0 Å². The van der Waals surface area contributed by atoms with Crippen LogP contribution < -0.4 is 0 Å². The predicted octanol–water partition coefficient (Wildman–Crippen LogP) is 3.55. The zero-order valence-corrected chi connectivity index (χ0v) is 10.3. The van der Waals surface area contributed by atoms with Gasteiger partial charge < -0.3 is 9.52 Å². The van der Waals surface area contributed by atoms with E-state index in [2.05, 4.69) is 0 Å². The van der Waals surface area contributed by atoms with Gasteiger partial charge in [0, 0.05) is 12.0 Å². The van der Waals surface area contributed by atoms with Crippen LogP contribution in [0.2, 0.25) is 0 Å². The number of aliphatic hydroxyl groups is 1. The van der Waals surface area contributed by atoms with Gasteiger partial charge in [-0.3, -0.25) is 0 Å². The molecule has 1 aliphatic rings. The molecule has 15 heavy (non-hydrogen) atoms. The summed E-state index contributed by atoms with van der Waals surface area (Å²) in [5.41, 5.74) is 0.407. The normalized spacial score (nSPS) is 24.1. The Hall–Kier alpha value is -0.760. The summed E-state index contributed by atoms with van der Waals surface area (Å²) in [7, 11) is 0. The van der Waals surface area contributed by atoms with Crippen LogP contribution in [-0.2, 0) is 12.0 Å². The molecule has 1 atom stereocenters. The zero-order chi connectivity index (χ0) is 11.5. The molecule has 2 heteroatoms. The highest BCUT2D eigenvalue weighted by molar-refractivity contribution is 5.30. The van der Waals surface area contributed by atoms with Gasteiger partial charge >= 0.3 is 0 Å². The molecule has 0 saturated carbocycles. The largest absolute Gasteiger partial charge is 0.466 e. The van der Waals surface area contributed by atoms with E-state index in [9.17, 15) is 5.11 Å². The summed E-state index contributed by atoms with van der Waals surface area (Å²) in [5.74, 6) is 1.91. The lowest BCUT2D eigenvalue weighted by atomic mass is 9.81. The monoisotopic (exact) mass is 210 g/mol. The van der Waals surface area contributed by atoms with Gasteiger partial charge in [-0.1, -0.05) is 20.8 Å². The summed E-state index contributed by atoms with van der Waals surface area (Å²) in [6, 6.07) is 1.98. The maximum absolute atomic E-state index is 10.3. The molecule has 1 aromatic heterocycles. The van der Waals surface area contributed by atoms with Gasteiger partial charge in [-0.05, 0) is 32.3 Å². The van der Waals surface area contributed by atoms with Gasteiger partial charge in [0.15, 0.2) is 0 Å². The first-order valence-corrected chi connectivity index (χ1v) is 5.98. The third-order valence-corrected chi connectivity index (χ3v) is 3.01. The average Bonchev–Trinajstić information content (AvgIpc) is 2.64. The van der Waals surface area contributed by atoms with Crippen LogP contribution >= 0.6 is 0 Å². The summed E-state index contributed by atoms with van der Waals surface area (Å²) in [6.07, 6.45) is 3.66. The van der Waals surface area contributed by atoms with Crippen molar-refractivity contribution in [2.45, 2.75) is 59.0 Å². The standard InChI is InChI=1S/C11H16O2.C2H6/c1-3-11(12)6-4-5-10-9(11)7-8(2)13-10;1-2/h7,12H,3-6H2,1-2H3;1-2H3. The Balaban J connectivity index is 0.000000531. The predicted molar refractivity (Wildman–Crippen MR) is 61.9 cm³/mol. The molecular weight excluding hydrogens is 188 g/mol. The average molecular weight is 210 g/mol. The lowest BCUT2D eigenvalue weighted by Crippen LogP contribution is -2.28. The van der Waals surface area contributed by atoms with E-state index < -0.39 is 5.60 Å². The lowest BCUT2D eigenvalue weighted by molar-refractivity contribution is 0.0127. The fourth-order valence-corrected chi connectivity index (χ4v) is 2.19. The first kappa shape index (κ1) is 12.3. The van der Waals surface area contributed by atoms with Crippen molar-refractivity contribution in [1.82, 2.24) is 0 Å². The molecule has 0 aliphatic heterocycles. The maximum Gasteiger partial charge on any atom is 0.110 e. The van der Waals surface area contributed by atoms with E-state index in [0.717, 1.165) is 42.8 Å². The van der Waals surface area contributed by atoms with Crippen LogP contribution in [0.5, 0.6) is 0 Å². The summed E-state index contributed by atoms with van der Waals surface area (Å²) in [4.78, 5) is 0. The third kappa shape index (κ3) is 2.25. The van der Waals surface area contributed by atoms with Crippen molar-refractivity contribution in [3.05, 3.63) is 23.2 Å². The minimum absolute atomic E-state index is 0.620. The highest BCUT2D eigenvalue weighted by atomic mass is 16.3. The second-order valence-electron chi connectivity index (χ2n) is 3.93. The smallest absolute Gasteiger partial charge is 0.110 e. The molecule has 1 aliphatic carbocycles. The van der Waals surface area contributed by atoms with Crippen molar-refractivity contribution in [3.63, 3.8) is 0 Å². The summed E-state index contributed by atoms with van der Waals surface area (Å²) in [5, 5.41) is 10.3. The Morgan fingerprint density at radius 1 is 1.47 bits per heavy atom. The lowest BCUT2D eigenvalue weighted by Gasteiger charge is -2.30. The molecule has 0 aromatic carbocycles. The summed E-state index contributed by atoms with van der Waals surface area (Å²) in [6.45, 7) is 7.96. The van der Waals surface area contributed by atoms with Crippen molar-refractivity contribution in [2.24, 2.45) is 0 Å². The van der Waals surface area contributed by atoms with Crippen LogP contribution in [0.3, 0.4) is 0 Å². The van der Waals surface area contributed by atoms with Crippen molar-refractivity contribution < 1.29 is 9.52 Å². The molecule has 0 saturated heterocycles. The van der Waals surface area contributed by atoms with Crippen LogP contribution in [-0.4, -0.2) is 5.11 Å². The SMILES string of the molecule is CC.CCC1(O)CCCc2oc(C)cc21. The Morgan fingerprint density at radius 2 is 2.13 bits per heavy atom. The fourth-order valence-electron chi connectivity index (χ4n) is 2.19. The first-order valence-electron chi connectivity index (χ1n) is 5.98. The molecule has 0 radical (unpaired) electrons. The molecule has 1 aromatic rings. The number of hydrogen-bond donors (Lipinski definition) is 1. The zero-order valence-electron chi connectivity index (χ0n) is 10.3. The van der Waals surface area contributed by atoms with E-state index in [0.29, 0.717) is 0 Å². The van der Waals surface area contributed by atoms with Crippen LogP contribution in [0.25, 0.3) is 0 Å². The summed E-state index contributed by atoms with van der Waals surface area (Å²) >= 11 is 0. The minimum Gasteiger partial charge on any atom is -0.466 e. The quantitative estimate of drug-likeness (QED) is 0.769. The molecule has 2 rings (SSSR count). The van der Waals surface area contributed by atoms with Gasteiger partial charge in [0.2, 0.25) is 0 Å².